The summed E-state index contributed by atoms with van der Waals surface area (Å²) in [5.74, 6) is -0.328. The van der Waals surface area contributed by atoms with Crippen LogP contribution in [-0.2, 0) is 4.74 Å². The van der Waals surface area contributed by atoms with E-state index in [1.165, 1.54) is 11.3 Å². The third-order valence-electron chi connectivity index (χ3n) is 2.97. The number of nitrogens with two attached hydrogens (primary N) is 1. The summed E-state index contributed by atoms with van der Waals surface area (Å²) in [6.07, 6.45) is 1.75. The highest BCUT2D eigenvalue weighted by atomic mass is 32.1. The second-order valence-electron chi connectivity index (χ2n) is 4.40. The van der Waals surface area contributed by atoms with Gasteiger partial charge in [0.1, 0.15) is 10.3 Å². The van der Waals surface area contributed by atoms with Gasteiger partial charge in [0.2, 0.25) is 0 Å². The molecule has 0 bridgehead atoms. The number of esters is 1. The first-order chi connectivity index (χ1) is 10.2. The molecule has 6 heteroatoms. The summed E-state index contributed by atoms with van der Waals surface area (Å²) in [6, 6.07) is 9.17. The number of aromatic nitrogens is 2. The zero-order valence-electron chi connectivity index (χ0n) is 11.4. The summed E-state index contributed by atoms with van der Waals surface area (Å²) in [4.78, 5) is 21.2. The van der Waals surface area contributed by atoms with Crippen molar-refractivity contribution in [3.8, 4) is 11.1 Å². The molecule has 0 saturated heterocycles. The largest absolute Gasteiger partial charge is 0.462 e. The van der Waals surface area contributed by atoms with Crippen molar-refractivity contribution in [3.63, 3.8) is 0 Å². The fraction of sp³-hybridized carbons (Fsp3) is 0.133. The summed E-state index contributed by atoms with van der Waals surface area (Å²) >= 11 is 1.35. The van der Waals surface area contributed by atoms with Crippen molar-refractivity contribution < 1.29 is 9.53 Å². The molecule has 0 aliphatic rings. The first kappa shape index (κ1) is 13.5. The molecule has 1 aromatic carbocycles. The van der Waals surface area contributed by atoms with Gasteiger partial charge in [-0.1, -0.05) is 23.5 Å². The zero-order chi connectivity index (χ0) is 14.8. The number of rotatable bonds is 3. The number of nitrogen functional groups attached to an aromatic ring is 1. The molecule has 0 radical (unpaired) electrons. The molecule has 0 fully saturated rings. The molecule has 5 nitrogen and oxygen atoms in total. The maximum Gasteiger partial charge on any atom is 0.338 e. The average Bonchev–Trinajstić information content (AvgIpc) is 2.86. The molecule has 0 aliphatic carbocycles. The number of carbonyl (C=O) groups is 1. The maximum atomic E-state index is 11.8. The minimum absolute atomic E-state index is 0.328. The summed E-state index contributed by atoms with van der Waals surface area (Å²) in [5, 5.41) is 0.495. The fourth-order valence-electron chi connectivity index (χ4n) is 2.04. The second kappa shape index (κ2) is 5.49. The number of pyridine rings is 1. The molecule has 0 aliphatic heterocycles. The first-order valence-electron chi connectivity index (χ1n) is 6.47. The number of benzene rings is 1. The molecule has 0 unspecified atom stereocenters. The molecule has 0 amide bonds. The molecule has 3 rings (SSSR count). The van der Waals surface area contributed by atoms with Gasteiger partial charge in [0.25, 0.3) is 0 Å². The van der Waals surface area contributed by atoms with Crippen molar-refractivity contribution in [2.45, 2.75) is 6.92 Å². The van der Waals surface area contributed by atoms with Crippen LogP contribution in [0.1, 0.15) is 17.3 Å². The van der Waals surface area contributed by atoms with Crippen LogP contribution >= 0.6 is 11.3 Å². The van der Waals surface area contributed by atoms with Crippen molar-refractivity contribution in [3.05, 3.63) is 42.1 Å². The molecule has 21 heavy (non-hydrogen) atoms. The molecular formula is C15H13N3O2S. The number of thiazole rings is 1. The van der Waals surface area contributed by atoms with Crippen molar-refractivity contribution in [1.29, 1.82) is 0 Å². The Labute approximate surface area is 125 Å². The number of carbonyl (C=O) groups excluding carboxylic acids is 1. The van der Waals surface area contributed by atoms with Crippen molar-refractivity contribution in [2.75, 3.05) is 12.3 Å². The molecule has 2 aromatic heterocycles. The van der Waals surface area contributed by atoms with Crippen molar-refractivity contribution in [1.82, 2.24) is 9.97 Å². The van der Waals surface area contributed by atoms with Crippen LogP contribution in [0, 0.1) is 0 Å². The summed E-state index contributed by atoms with van der Waals surface area (Å²) in [7, 11) is 0. The van der Waals surface area contributed by atoms with Crippen LogP contribution in [0.3, 0.4) is 0 Å². The highest BCUT2D eigenvalue weighted by Crippen LogP contribution is 2.27. The third-order valence-corrected chi connectivity index (χ3v) is 3.78. The van der Waals surface area contributed by atoms with Crippen molar-refractivity contribution >= 4 is 32.8 Å². The topological polar surface area (TPSA) is 78.1 Å². The highest BCUT2D eigenvalue weighted by molar-refractivity contribution is 7.21. The Kier molecular flexibility index (Phi) is 3.53. The van der Waals surface area contributed by atoms with Gasteiger partial charge < -0.3 is 10.5 Å². The monoisotopic (exact) mass is 299 g/mol. The maximum absolute atomic E-state index is 11.8. The fourth-order valence-corrected chi connectivity index (χ4v) is 2.69. The van der Waals surface area contributed by atoms with Gasteiger partial charge in [-0.3, -0.25) is 0 Å². The van der Waals surface area contributed by atoms with Gasteiger partial charge >= 0.3 is 5.97 Å². The molecular weight excluding hydrogens is 286 g/mol. The quantitative estimate of drug-likeness (QED) is 0.752. The highest BCUT2D eigenvalue weighted by Gasteiger charge is 2.09. The molecule has 0 atom stereocenters. The van der Waals surface area contributed by atoms with Gasteiger partial charge in [0.15, 0.2) is 5.13 Å². The Bertz CT molecular complexity index is 814. The van der Waals surface area contributed by atoms with Crippen LogP contribution in [0.15, 0.2) is 36.5 Å². The van der Waals surface area contributed by atoms with Crippen LogP contribution < -0.4 is 5.73 Å². The van der Waals surface area contributed by atoms with Crippen LogP contribution in [0.5, 0.6) is 0 Å². The lowest BCUT2D eigenvalue weighted by Gasteiger charge is -2.05. The number of ether oxygens (including phenoxy) is 1. The number of nitrogens with zero attached hydrogens (tertiary/aromatic N) is 2. The zero-order valence-corrected chi connectivity index (χ0v) is 12.2. The number of hydrogen-bond acceptors (Lipinski definition) is 6. The number of hydrogen-bond donors (Lipinski definition) is 1. The van der Waals surface area contributed by atoms with Gasteiger partial charge in [0, 0.05) is 11.8 Å². The molecule has 0 saturated carbocycles. The molecule has 3 aromatic rings. The standard InChI is InChI=1S/C15H13N3O2S/c1-2-20-14(19)10-5-3-4-9(6-10)11-7-12-13(17-8-11)21-15(16)18-12/h3-8H,2H2,1H3,(H2,16,18). The Morgan fingerprint density at radius 2 is 2.19 bits per heavy atom. The SMILES string of the molecule is CCOC(=O)c1cccc(-c2cnc3sc(N)nc3c2)c1. The van der Waals surface area contributed by atoms with E-state index >= 15 is 0 Å². The van der Waals surface area contributed by atoms with E-state index in [4.69, 9.17) is 10.5 Å². The lowest BCUT2D eigenvalue weighted by Crippen LogP contribution is -2.04. The smallest absolute Gasteiger partial charge is 0.338 e. The Morgan fingerprint density at radius 3 is 3.00 bits per heavy atom. The predicted molar refractivity (Wildman–Crippen MR) is 83.2 cm³/mol. The summed E-state index contributed by atoms with van der Waals surface area (Å²) < 4.78 is 5.01. The van der Waals surface area contributed by atoms with Crippen LogP contribution in [-0.4, -0.2) is 22.5 Å². The number of fused-ring (bicyclic) bond motifs is 1. The van der Waals surface area contributed by atoms with Crippen molar-refractivity contribution in [2.24, 2.45) is 0 Å². The predicted octanol–water partition coefficient (Wildman–Crippen LogP) is 3.12. The summed E-state index contributed by atoms with van der Waals surface area (Å²) in [6.45, 7) is 2.14. The lowest BCUT2D eigenvalue weighted by molar-refractivity contribution is 0.0526. The minimum Gasteiger partial charge on any atom is -0.462 e. The Hall–Kier alpha value is -2.47. The van der Waals surface area contributed by atoms with Crippen LogP contribution in [0.25, 0.3) is 21.5 Å². The van der Waals surface area contributed by atoms with Crippen LogP contribution in [0.2, 0.25) is 0 Å². The van der Waals surface area contributed by atoms with E-state index in [0.717, 1.165) is 21.5 Å². The van der Waals surface area contributed by atoms with Gasteiger partial charge in [-0.05, 0) is 30.7 Å². The second-order valence-corrected chi connectivity index (χ2v) is 5.41. The Morgan fingerprint density at radius 1 is 1.33 bits per heavy atom. The van der Waals surface area contributed by atoms with E-state index in [9.17, 15) is 4.79 Å². The van der Waals surface area contributed by atoms with Gasteiger partial charge in [-0.15, -0.1) is 0 Å². The normalized spacial score (nSPS) is 10.7. The minimum atomic E-state index is -0.328. The number of anilines is 1. The molecule has 2 heterocycles. The summed E-state index contributed by atoms with van der Waals surface area (Å²) in [5.41, 5.74) is 8.74. The lowest BCUT2D eigenvalue weighted by atomic mass is 10.0. The average molecular weight is 299 g/mol. The van der Waals surface area contributed by atoms with E-state index in [0.29, 0.717) is 17.3 Å². The van der Waals surface area contributed by atoms with Gasteiger partial charge in [0.05, 0.1) is 12.2 Å². The molecule has 106 valence electrons. The third kappa shape index (κ3) is 2.71. The van der Waals surface area contributed by atoms with E-state index in [2.05, 4.69) is 9.97 Å². The van der Waals surface area contributed by atoms with Gasteiger partial charge in [-0.2, -0.15) is 0 Å². The van der Waals surface area contributed by atoms with E-state index in [1.54, 1.807) is 25.3 Å². The molecule has 0 spiro atoms. The van der Waals surface area contributed by atoms with Gasteiger partial charge in [-0.25, -0.2) is 14.8 Å². The van der Waals surface area contributed by atoms with E-state index in [1.807, 2.05) is 18.2 Å². The van der Waals surface area contributed by atoms with Crippen LogP contribution in [0.4, 0.5) is 5.13 Å². The molecule has 2 N–H and O–H groups in total. The van der Waals surface area contributed by atoms with E-state index < -0.39 is 0 Å². The Balaban J connectivity index is 2.01. The first-order valence-corrected chi connectivity index (χ1v) is 7.28. The van der Waals surface area contributed by atoms with E-state index in [-0.39, 0.29) is 5.97 Å².